The molecule has 0 radical (unpaired) electrons. The van der Waals surface area contributed by atoms with Gasteiger partial charge in [0, 0.05) is 44.7 Å². The Morgan fingerprint density at radius 1 is 1.17 bits per heavy atom. The van der Waals surface area contributed by atoms with Gasteiger partial charge in [0.05, 0.1) is 9.82 Å². The van der Waals surface area contributed by atoms with Crippen LogP contribution >= 0.6 is 0 Å². The van der Waals surface area contributed by atoms with Gasteiger partial charge in [-0.2, -0.15) is 4.31 Å². The zero-order chi connectivity index (χ0) is 21.2. The van der Waals surface area contributed by atoms with Gasteiger partial charge in [-0.25, -0.2) is 8.42 Å². The highest BCUT2D eigenvalue weighted by molar-refractivity contribution is 7.89. The van der Waals surface area contributed by atoms with Crippen LogP contribution in [0.2, 0.25) is 0 Å². The predicted octanol–water partition coefficient (Wildman–Crippen LogP) is 2.44. The van der Waals surface area contributed by atoms with Crippen molar-refractivity contribution in [3.05, 3.63) is 28.3 Å². The third kappa shape index (κ3) is 4.37. The number of nitrogens with zero attached hydrogens (tertiary/aromatic N) is 3. The van der Waals surface area contributed by atoms with E-state index >= 15 is 0 Å². The minimum atomic E-state index is -3.85. The average Bonchev–Trinajstić information content (AvgIpc) is 2.73. The molecule has 0 aromatic heterocycles. The lowest BCUT2D eigenvalue weighted by Gasteiger charge is -2.38. The van der Waals surface area contributed by atoms with Gasteiger partial charge in [0.1, 0.15) is 5.69 Å². The second kappa shape index (κ2) is 8.66. The summed E-state index contributed by atoms with van der Waals surface area (Å²) in [6.07, 6.45) is 4.11. The first-order valence-corrected chi connectivity index (χ1v) is 11.5. The molecule has 1 amide bonds. The van der Waals surface area contributed by atoms with Crippen molar-refractivity contribution in [1.82, 2.24) is 9.21 Å². The minimum absolute atomic E-state index is 0.0994. The summed E-state index contributed by atoms with van der Waals surface area (Å²) >= 11 is 0. The van der Waals surface area contributed by atoms with E-state index in [9.17, 15) is 23.3 Å². The van der Waals surface area contributed by atoms with Gasteiger partial charge >= 0.3 is 0 Å². The molecule has 1 N–H and O–H groups in total. The van der Waals surface area contributed by atoms with Crippen molar-refractivity contribution in [2.24, 2.45) is 5.92 Å². The topological polar surface area (TPSA) is 113 Å². The highest BCUT2D eigenvalue weighted by atomic mass is 32.2. The van der Waals surface area contributed by atoms with Crippen LogP contribution in [0.25, 0.3) is 0 Å². The van der Waals surface area contributed by atoms with E-state index in [1.54, 1.807) is 7.05 Å². The summed E-state index contributed by atoms with van der Waals surface area (Å²) in [5.41, 5.74) is -0.0216. The maximum Gasteiger partial charge on any atom is 0.293 e. The monoisotopic (exact) mass is 424 g/mol. The van der Waals surface area contributed by atoms with Gasteiger partial charge in [0.2, 0.25) is 15.9 Å². The zero-order valence-corrected chi connectivity index (χ0v) is 17.7. The van der Waals surface area contributed by atoms with Crippen LogP contribution in [-0.2, 0) is 14.8 Å². The number of nitro benzene ring substituents is 1. The van der Waals surface area contributed by atoms with Crippen LogP contribution < -0.4 is 5.32 Å². The van der Waals surface area contributed by atoms with Gasteiger partial charge < -0.3 is 10.2 Å². The van der Waals surface area contributed by atoms with Gasteiger partial charge in [-0.05, 0) is 51.2 Å². The molecular weight excluding hydrogens is 396 g/mol. The standard InChI is InChI=1S/C19H28N4O5S/c1-14-5-3-4-10-22(14)19(24)15-8-11-21(12-9-15)29(27,28)16-6-7-17(20-2)18(13-16)23(25)26/h6-7,13-15,20H,3-5,8-12H2,1-2H3/t14-/m0/s1. The number of rotatable bonds is 5. The van der Waals surface area contributed by atoms with E-state index in [4.69, 9.17) is 0 Å². The molecule has 1 aromatic rings. The fourth-order valence-corrected chi connectivity index (χ4v) is 5.68. The highest BCUT2D eigenvalue weighted by Gasteiger charge is 2.36. The molecule has 0 saturated carbocycles. The number of benzene rings is 1. The lowest BCUT2D eigenvalue weighted by Crippen LogP contribution is -2.48. The van der Waals surface area contributed by atoms with Gasteiger partial charge in [-0.1, -0.05) is 0 Å². The maximum atomic E-state index is 13.0. The van der Waals surface area contributed by atoms with E-state index in [1.807, 2.05) is 4.90 Å². The molecule has 2 heterocycles. The summed E-state index contributed by atoms with van der Waals surface area (Å²) < 4.78 is 27.3. The number of hydrogen-bond acceptors (Lipinski definition) is 6. The summed E-state index contributed by atoms with van der Waals surface area (Å²) in [5, 5.41) is 13.9. The SMILES string of the molecule is CNc1ccc(S(=O)(=O)N2CCC(C(=O)N3CCCC[C@@H]3C)CC2)cc1[N+](=O)[O-]. The second-order valence-electron chi connectivity index (χ2n) is 7.74. The molecule has 2 aliphatic heterocycles. The van der Waals surface area contributed by atoms with Crippen molar-refractivity contribution in [3.63, 3.8) is 0 Å². The van der Waals surface area contributed by atoms with Crippen LogP contribution in [0.3, 0.4) is 0 Å². The maximum absolute atomic E-state index is 13.0. The first-order chi connectivity index (χ1) is 13.8. The molecule has 3 rings (SSSR count). The Morgan fingerprint density at radius 2 is 1.86 bits per heavy atom. The van der Waals surface area contributed by atoms with Gasteiger partial charge in [0.15, 0.2) is 0 Å². The van der Waals surface area contributed by atoms with Gasteiger partial charge in [-0.15, -0.1) is 0 Å². The molecular formula is C19H28N4O5S. The summed E-state index contributed by atoms with van der Waals surface area (Å²) in [6, 6.07) is 4.11. The molecule has 0 bridgehead atoms. The highest BCUT2D eigenvalue weighted by Crippen LogP contribution is 2.31. The normalized spacial score (nSPS) is 21.7. The summed E-state index contributed by atoms with van der Waals surface area (Å²) in [4.78, 5) is 25.3. The van der Waals surface area contributed by atoms with Crippen molar-refractivity contribution in [2.45, 2.75) is 50.0 Å². The van der Waals surface area contributed by atoms with E-state index in [0.717, 1.165) is 31.9 Å². The van der Waals surface area contributed by atoms with Crippen LogP contribution in [0, 0.1) is 16.0 Å². The minimum Gasteiger partial charge on any atom is -0.383 e. The van der Waals surface area contributed by atoms with E-state index in [0.29, 0.717) is 12.8 Å². The number of amides is 1. The lowest BCUT2D eigenvalue weighted by molar-refractivity contribution is -0.384. The number of anilines is 1. The third-order valence-electron chi connectivity index (χ3n) is 5.96. The number of likely N-dealkylation sites (tertiary alicyclic amines) is 1. The molecule has 0 aliphatic carbocycles. The number of nitro groups is 1. The number of piperidine rings is 2. The Morgan fingerprint density at radius 3 is 2.45 bits per heavy atom. The van der Waals surface area contributed by atoms with Crippen LogP contribution in [-0.4, -0.2) is 61.2 Å². The van der Waals surface area contributed by atoms with Crippen molar-refractivity contribution in [1.29, 1.82) is 0 Å². The largest absolute Gasteiger partial charge is 0.383 e. The van der Waals surface area contributed by atoms with Crippen LogP contribution in [0.5, 0.6) is 0 Å². The molecule has 160 valence electrons. The average molecular weight is 425 g/mol. The van der Waals surface area contributed by atoms with Crippen molar-refractivity contribution >= 4 is 27.3 Å². The van der Waals surface area contributed by atoms with E-state index in [-0.39, 0.29) is 47.2 Å². The second-order valence-corrected chi connectivity index (χ2v) is 9.68. The number of carbonyl (C=O) groups is 1. The number of carbonyl (C=O) groups excluding carboxylic acids is 1. The Labute approximate surface area is 171 Å². The van der Waals surface area contributed by atoms with Crippen molar-refractivity contribution < 1.29 is 18.1 Å². The molecule has 1 atom stereocenters. The third-order valence-corrected chi connectivity index (χ3v) is 7.86. The first-order valence-electron chi connectivity index (χ1n) is 10.0. The summed E-state index contributed by atoms with van der Waals surface area (Å²) in [6.45, 7) is 3.32. The molecule has 9 nitrogen and oxygen atoms in total. The van der Waals surface area contributed by atoms with Crippen molar-refractivity contribution in [2.75, 3.05) is 32.0 Å². The Bertz CT molecular complexity index is 881. The smallest absolute Gasteiger partial charge is 0.293 e. The predicted molar refractivity (Wildman–Crippen MR) is 109 cm³/mol. The Balaban J connectivity index is 1.70. The van der Waals surface area contributed by atoms with E-state index < -0.39 is 14.9 Å². The number of sulfonamides is 1. The fraction of sp³-hybridized carbons (Fsp3) is 0.632. The fourth-order valence-electron chi connectivity index (χ4n) is 4.19. The zero-order valence-electron chi connectivity index (χ0n) is 16.8. The molecule has 2 fully saturated rings. The van der Waals surface area contributed by atoms with E-state index in [1.165, 1.54) is 16.4 Å². The van der Waals surface area contributed by atoms with Crippen LogP contribution in [0.4, 0.5) is 11.4 Å². The van der Waals surface area contributed by atoms with Gasteiger partial charge in [-0.3, -0.25) is 14.9 Å². The molecule has 2 aliphatic rings. The van der Waals surface area contributed by atoms with Crippen LogP contribution in [0.1, 0.15) is 39.0 Å². The van der Waals surface area contributed by atoms with E-state index in [2.05, 4.69) is 12.2 Å². The first kappa shape index (κ1) is 21.5. The summed E-state index contributed by atoms with van der Waals surface area (Å²) in [7, 11) is -2.31. The van der Waals surface area contributed by atoms with Crippen molar-refractivity contribution in [3.8, 4) is 0 Å². The van der Waals surface area contributed by atoms with Gasteiger partial charge in [0.25, 0.3) is 5.69 Å². The number of nitrogens with one attached hydrogen (secondary N) is 1. The molecule has 1 aromatic carbocycles. The Kier molecular flexibility index (Phi) is 6.42. The summed E-state index contributed by atoms with van der Waals surface area (Å²) in [5.74, 6) is -0.0359. The molecule has 0 spiro atoms. The number of hydrogen-bond donors (Lipinski definition) is 1. The molecule has 10 heteroatoms. The lowest BCUT2D eigenvalue weighted by atomic mass is 9.94. The molecule has 0 unspecified atom stereocenters. The van der Waals surface area contributed by atoms with Crippen LogP contribution in [0.15, 0.2) is 23.1 Å². The Hall–Kier alpha value is -2.20. The molecule has 29 heavy (non-hydrogen) atoms. The quantitative estimate of drug-likeness (QED) is 0.574. The molecule has 2 saturated heterocycles.